The molecule has 0 aromatic heterocycles. The molecular formula is C26H30N2O4. The Morgan fingerprint density at radius 1 is 0.781 bits per heavy atom. The normalized spacial score (nSPS) is 10.6. The summed E-state index contributed by atoms with van der Waals surface area (Å²) in [6.07, 6.45) is 0.150. The fourth-order valence-corrected chi connectivity index (χ4v) is 2.95. The van der Waals surface area contributed by atoms with Crippen molar-refractivity contribution >= 4 is 11.6 Å². The first kappa shape index (κ1) is 23.2. The van der Waals surface area contributed by atoms with E-state index in [1.165, 1.54) is 0 Å². The van der Waals surface area contributed by atoms with Crippen molar-refractivity contribution in [2.75, 3.05) is 25.1 Å². The van der Waals surface area contributed by atoms with E-state index in [4.69, 9.17) is 14.2 Å². The Kier molecular flexibility index (Phi) is 8.95. The third-order valence-electron chi connectivity index (χ3n) is 4.41. The molecule has 6 heteroatoms. The summed E-state index contributed by atoms with van der Waals surface area (Å²) in [6.45, 7) is 5.72. The van der Waals surface area contributed by atoms with Gasteiger partial charge in [0, 0.05) is 12.2 Å². The largest absolute Gasteiger partial charge is 0.491 e. The van der Waals surface area contributed by atoms with Gasteiger partial charge in [0.15, 0.2) is 0 Å². The predicted octanol–water partition coefficient (Wildman–Crippen LogP) is 4.66. The molecule has 6 nitrogen and oxygen atoms in total. The molecule has 0 heterocycles. The minimum atomic E-state index is -0.102. The van der Waals surface area contributed by atoms with Crippen LogP contribution in [0.25, 0.3) is 0 Å². The Labute approximate surface area is 189 Å². The SMILES string of the molecule is CC(C)Oc1ccc(CNCC(=O)Nc2ccc(OCCOc3ccccc3)cc2)cc1. The highest BCUT2D eigenvalue weighted by molar-refractivity contribution is 5.92. The molecule has 0 radical (unpaired) electrons. The molecule has 32 heavy (non-hydrogen) atoms. The van der Waals surface area contributed by atoms with E-state index in [1.54, 1.807) is 0 Å². The van der Waals surface area contributed by atoms with Gasteiger partial charge in [-0.15, -0.1) is 0 Å². The maximum atomic E-state index is 12.2. The summed E-state index contributed by atoms with van der Waals surface area (Å²) < 4.78 is 16.9. The Bertz CT molecular complexity index is 942. The lowest BCUT2D eigenvalue weighted by Crippen LogP contribution is -2.27. The number of rotatable bonds is 12. The Balaban J connectivity index is 1.32. The molecule has 3 aromatic carbocycles. The first-order valence-corrected chi connectivity index (χ1v) is 10.8. The lowest BCUT2D eigenvalue weighted by Gasteiger charge is -2.11. The molecule has 0 bridgehead atoms. The quantitative estimate of drug-likeness (QED) is 0.406. The lowest BCUT2D eigenvalue weighted by molar-refractivity contribution is -0.115. The van der Waals surface area contributed by atoms with E-state index in [0.29, 0.717) is 19.8 Å². The summed E-state index contributed by atoms with van der Waals surface area (Å²) in [5, 5.41) is 6.02. The summed E-state index contributed by atoms with van der Waals surface area (Å²) in [6, 6.07) is 24.8. The van der Waals surface area contributed by atoms with Crippen LogP contribution in [0.1, 0.15) is 19.4 Å². The van der Waals surface area contributed by atoms with Gasteiger partial charge in [0.05, 0.1) is 12.6 Å². The zero-order valence-electron chi connectivity index (χ0n) is 18.5. The molecule has 3 aromatic rings. The molecule has 168 valence electrons. The predicted molar refractivity (Wildman–Crippen MR) is 126 cm³/mol. The van der Waals surface area contributed by atoms with Crippen molar-refractivity contribution < 1.29 is 19.0 Å². The molecule has 0 fully saturated rings. The van der Waals surface area contributed by atoms with Crippen LogP contribution in [0, 0.1) is 0 Å². The topological polar surface area (TPSA) is 68.8 Å². The first-order chi connectivity index (χ1) is 15.6. The van der Waals surface area contributed by atoms with Crippen molar-refractivity contribution in [2.45, 2.75) is 26.5 Å². The number of carbonyl (C=O) groups excluding carboxylic acids is 1. The number of ether oxygens (including phenoxy) is 3. The highest BCUT2D eigenvalue weighted by Gasteiger charge is 2.04. The summed E-state index contributed by atoms with van der Waals surface area (Å²) >= 11 is 0. The van der Waals surface area contributed by atoms with Gasteiger partial charge in [0.25, 0.3) is 0 Å². The standard InChI is InChI=1S/C26H30N2O4/c1-20(2)32-25-12-8-21(9-13-25)18-27-19-26(29)28-22-10-14-24(15-11-22)31-17-16-30-23-6-4-3-5-7-23/h3-15,20,27H,16-19H2,1-2H3,(H,28,29). The smallest absolute Gasteiger partial charge is 0.238 e. The van der Waals surface area contributed by atoms with E-state index in [-0.39, 0.29) is 18.6 Å². The molecule has 0 aliphatic heterocycles. The number of carbonyl (C=O) groups is 1. The van der Waals surface area contributed by atoms with Crippen LogP contribution >= 0.6 is 0 Å². The van der Waals surface area contributed by atoms with Gasteiger partial charge in [-0.3, -0.25) is 4.79 Å². The van der Waals surface area contributed by atoms with E-state index >= 15 is 0 Å². The van der Waals surface area contributed by atoms with Crippen molar-refractivity contribution in [3.8, 4) is 17.2 Å². The first-order valence-electron chi connectivity index (χ1n) is 10.8. The molecular weight excluding hydrogens is 404 g/mol. The molecule has 0 aliphatic carbocycles. The van der Waals surface area contributed by atoms with E-state index in [9.17, 15) is 4.79 Å². The van der Waals surface area contributed by atoms with Crippen LogP contribution in [0.2, 0.25) is 0 Å². The van der Waals surface area contributed by atoms with Gasteiger partial charge >= 0.3 is 0 Å². The van der Waals surface area contributed by atoms with Gasteiger partial charge < -0.3 is 24.8 Å². The molecule has 3 rings (SSSR count). The molecule has 2 N–H and O–H groups in total. The van der Waals surface area contributed by atoms with Crippen LogP contribution in [-0.4, -0.2) is 31.8 Å². The van der Waals surface area contributed by atoms with Crippen molar-refractivity contribution in [3.63, 3.8) is 0 Å². The minimum absolute atomic E-state index is 0.102. The van der Waals surface area contributed by atoms with Gasteiger partial charge in [-0.1, -0.05) is 30.3 Å². The highest BCUT2D eigenvalue weighted by atomic mass is 16.5. The van der Waals surface area contributed by atoms with Crippen LogP contribution < -0.4 is 24.8 Å². The Morgan fingerprint density at radius 2 is 1.38 bits per heavy atom. The Morgan fingerprint density at radius 3 is 2.00 bits per heavy atom. The van der Waals surface area contributed by atoms with Gasteiger partial charge in [-0.25, -0.2) is 0 Å². The fraction of sp³-hybridized carbons (Fsp3) is 0.269. The van der Waals surface area contributed by atoms with Gasteiger partial charge in [-0.2, -0.15) is 0 Å². The zero-order valence-corrected chi connectivity index (χ0v) is 18.5. The van der Waals surface area contributed by atoms with Crippen molar-refractivity contribution in [3.05, 3.63) is 84.4 Å². The zero-order chi connectivity index (χ0) is 22.6. The highest BCUT2D eigenvalue weighted by Crippen LogP contribution is 2.16. The van der Waals surface area contributed by atoms with Crippen LogP contribution in [-0.2, 0) is 11.3 Å². The number of para-hydroxylation sites is 1. The molecule has 0 unspecified atom stereocenters. The number of amides is 1. The molecule has 0 spiro atoms. The van der Waals surface area contributed by atoms with E-state index in [0.717, 1.165) is 28.5 Å². The fourth-order valence-electron chi connectivity index (χ4n) is 2.95. The average molecular weight is 435 g/mol. The second-order valence-corrected chi connectivity index (χ2v) is 7.50. The average Bonchev–Trinajstić information content (AvgIpc) is 2.79. The maximum absolute atomic E-state index is 12.2. The Hall–Kier alpha value is -3.51. The van der Waals surface area contributed by atoms with Crippen LogP contribution in [0.5, 0.6) is 17.2 Å². The molecule has 1 amide bonds. The molecule has 0 saturated heterocycles. The number of benzene rings is 3. The van der Waals surface area contributed by atoms with E-state index in [1.807, 2.05) is 92.7 Å². The lowest BCUT2D eigenvalue weighted by atomic mass is 10.2. The van der Waals surface area contributed by atoms with Crippen molar-refractivity contribution in [2.24, 2.45) is 0 Å². The summed E-state index contributed by atoms with van der Waals surface area (Å²) in [7, 11) is 0. The van der Waals surface area contributed by atoms with Crippen LogP contribution in [0.4, 0.5) is 5.69 Å². The summed E-state index contributed by atoms with van der Waals surface area (Å²) in [5.41, 5.74) is 1.81. The summed E-state index contributed by atoms with van der Waals surface area (Å²) in [4.78, 5) is 12.2. The molecule has 0 saturated carbocycles. The summed E-state index contributed by atoms with van der Waals surface area (Å²) in [5.74, 6) is 2.29. The van der Waals surface area contributed by atoms with Gasteiger partial charge in [-0.05, 0) is 67.9 Å². The van der Waals surface area contributed by atoms with Crippen LogP contribution in [0.3, 0.4) is 0 Å². The number of hydrogen-bond acceptors (Lipinski definition) is 5. The van der Waals surface area contributed by atoms with Gasteiger partial charge in [0.2, 0.25) is 5.91 Å². The number of nitrogens with one attached hydrogen (secondary N) is 2. The molecule has 0 aliphatic rings. The van der Waals surface area contributed by atoms with Gasteiger partial charge in [0.1, 0.15) is 30.5 Å². The van der Waals surface area contributed by atoms with E-state index in [2.05, 4.69) is 10.6 Å². The minimum Gasteiger partial charge on any atom is -0.491 e. The monoisotopic (exact) mass is 434 g/mol. The third-order valence-corrected chi connectivity index (χ3v) is 4.41. The second-order valence-electron chi connectivity index (χ2n) is 7.50. The van der Waals surface area contributed by atoms with Crippen molar-refractivity contribution in [1.82, 2.24) is 5.32 Å². The number of hydrogen-bond donors (Lipinski definition) is 2. The second kappa shape index (κ2) is 12.4. The third kappa shape index (κ3) is 8.32. The maximum Gasteiger partial charge on any atom is 0.238 e. The number of anilines is 1. The van der Waals surface area contributed by atoms with Crippen LogP contribution in [0.15, 0.2) is 78.9 Å². The van der Waals surface area contributed by atoms with Crippen molar-refractivity contribution in [1.29, 1.82) is 0 Å². The van der Waals surface area contributed by atoms with E-state index < -0.39 is 0 Å². The molecule has 0 atom stereocenters.